The van der Waals surface area contributed by atoms with Crippen molar-refractivity contribution in [2.75, 3.05) is 24.3 Å². The highest BCUT2D eigenvalue weighted by Crippen LogP contribution is 2.24. The Labute approximate surface area is 92.3 Å². The van der Waals surface area contributed by atoms with Crippen molar-refractivity contribution in [3.63, 3.8) is 0 Å². The van der Waals surface area contributed by atoms with Gasteiger partial charge in [0.25, 0.3) is 0 Å². The lowest BCUT2D eigenvalue weighted by Gasteiger charge is -2.30. The van der Waals surface area contributed by atoms with Crippen LogP contribution in [0.4, 0.5) is 0 Å². The summed E-state index contributed by atoms with van der Waals surface area (Å²) in [5, 5.41) is -1.02. The van der Waals surface area contributed by atoms with Crippen molar-refractivity contribution in [1.29, 1.82) is 0 Å². The molecule has 0 aromatic rings. The number of halogens is 1. The second-order valence-corrected chi connectivity index (χ2v) is 8.73. The zero-order valence-corrected chi connectivity index (χ0v) is 10.6. The molecular formula is C5H10ClNO4S3. The highest BCUT2D eigenvalue weighted by molar-refractivity contribution is 8.12. The number of thioether (sulfide) groups is 1. The lowest BCUT2D eigenvalue weighted by Crippen LogP contribution is -2.48. The van der Waals surface area contributed by atoms with Gasteiger partial charge in [0.15, 0.2) is 9.84 Å². The summed E-state index contributed by atoms with van der Waals surface area (Å²) < 4.78 is 45.5. The Hall–Kier alpha value is 0.500. The molecule has 1 fully saturated rings. The lowest BCUT2D eigenvalue weighted by atomic mass is 10.6. The maximum atomic E-state index is 11.3. The van der Waals surface area contributed by atoms with Gasteiger partial charge in [-0.1, -0.05) is 0 Å². The minimum Gasteiger partial charge on any atom is -0.227 e. The van der Waals surface area contributed by atoms with E-state index in [-0.39, 0.29) is 12.3 Å². The fourth-order valence-corrected chi connectivity index (χ4v) is 6.16. The number of hydrogen-bond acceptors (Lipinski definition) is 5. The molecule has 5 nitrogen and oxygen atoms in total. The van der Waals surface area contributed by atoms with Crippen LogP contribution in [0.15, 0.2) is 0 Å². The van der Waals surface area contributed by atoms with Crippen molar-refractivity contribution < 1.29 is 16.8 Å². The Bertz CT molecular complexity index is 363. The Morgan fingerprint density at radius 3 is 2.29 bits per heavy atom. The van der Waals surface area contributed by atoms with Gasteiger partial charge in [0.1, 0.15) is 5.37 Å². The molecule has 1 saturated heterocycles. The summed E-state index contributed by atoms with van der Waals surface area (Å²) in [6.07, 6.45) is 1.01. The molecule has 1 rings (SSSR count). The van der Waals surface area contributed by atoms with Crippen LogP contribution in [0.3, 0.4) is 0 Å². The van der Waals surface area contributed by atoms with Gasteiger partial charge in [-0.15, -0.1) is 0 Å². The average Bonchev–Trinajstić information content (AvgIpc) is 2.01. The lowest BCUT2D eigenvalue weighted by molar-refractivity contribution is 0.414. The predicted molar refractivity (Wildman–Crippen MR) is 57.4 cm³/mol. The highest BCUT2D eigenvalue weighted by atomic mass is 35.7. The maximum absolute atomic E-state index is 11.3. The van der Waals surface area contributed by atoms with Gasteiger partial charge in [-0.3, -0.25) is 0 Å². The molecule has 0 saturated carbocycles. The van der Waals surface area contributed by atoms with Crippen molar-refractivity contribution in [3.05, 3.63) is 0 Å². The van der Waals surface area contributed by atoms with Crippen molar-refractivity contribution in [2.45, 2.75) is 5.37 Å². The van der Waals surface area contributed by atoms with Crippen LogP contribution in [0.1, 0.15) is 0 Å². The third-order valence-electron chi connectivity index (χ3n) is 1.81. The van der Waals surface area contributed by atoms with E-state index in [4.69, 9.17) is 10.7 Å². The molecule has 0 bridgehead atoms. The quantitative estimate of drug-likeness (QED) is 0.660. The normalized spacial score (nSPS) is 26.3. The summed E-state index contributed by atoms with van der Waals surface area (Å²) in [6.45, 7) is 0.147. The van der Waals surface area contributed by atoms with Gasteiger partial charge in [0.2, 0.25) is 0 Å². The van der Waals surface area contributed by atoms with Gasteiger partial charge in [0, 0.05) is 35.0 Å². The molecule has 1 aliphatic heterocycles. The van der Waals surface area contributed by atoms with E-state index in [9.17, 15) is 16.8 Å². The van der Waals surface area contributed by atoms with E-state index < -0.39 is 24.4 Å². The Balaban J connectivity index is 3.03. The minimum absolute atomic E-state index is 0.147. The predicted octanol–water partition coefficient (Wildman–Crippen LogP) is -0.110. The molecule has 0 aromatic heterocycles. The van der Waals surface area contributed by atoms with Crippen LogP contribution in [-0.2, 0) is 19.1 Å². The standard InChI is InChI=1S/C5H10ClNO4S3/c1-13(8,9)5-4-12-3-2-7(5)14(6,10)11/h5H,2-4H2,1H3. The summed E-state index contributed by atoms with van der Waals surface area (Å²) in [5.74, 6) is 0.808. The fourth-order valence-electron chi connectivity index (χ4n) is 1.15. The summed E-state index contributed by atoms with van der Waals surface area (Å²) >= 11 is 1.41. The zero-order chi connectivity index (χ0) is 11.0. The molecule has 0 aromatic carbocycles. The summed E-state index contributed by atoms with van der Waals surface area (Å²) in [5.41, 5.74) is 0. The molecule has 0 spiro atoms. The average molecular weight is 280 g/mol. The van der Waals surface area contributed by atoms with Crippen molar-refractivity contribution in [2.24, 2.45) is 0 Å². The van der Waals surface area contributed by atoms with E-state index in [1.807, 2.05) is 0 Å². The first-order chi connectivity index (χ1) is 6.23. The van der Waals surface area contributed by atoms with E-state index in [1.54, 1.807) is 0 Å². The van der Waals surface area contributed by atoms with E-state index in [0.29, 0.717) is 5.75 Å². The molecule has 1 unspecified atom stereocenters. The monoisotopic (exact) mass is 279 g/mol. The molecule has 0 amide bonds. The van der Waals surface area contributed by atoms with Crippen LogP contribution in [0, 0.1) is 0 Å². The number of sulfone groups is 1. The second kappa shape index (κ2) is 4.17. The fraction of sp³-hybridized carbons (Fsp3) is 1.00. The van der Waals surface area contributed by atoms with Crippen LogP contribution in [0.2, 0.25) is 0 Å². The van der Waals surface area contributed by atoms with Crippen molar-refractivity contribution >= 4 is 41.5 Å². The molecule has 84 valence electrons. The van der Waals surface area contributed by atoms with Crippen LogP contribution < -0.4 is 0 Å². The van der Waals surface area contributed by atoms with Crippen molar-refractivity contribution in [3.8, 4) is 0 Å². The molecule has 0 aliphatic carbocycles. The van der Waals surface area contributed by atoms with Crippen LogP contribution in [0.25, 0.3) is 0 Å². The summed E-state index contributed by atoms with van der Waals surface area (Å²) in [6, 6.07) is 0. The van der Waals surface area contributed by atoms with Crippen molar-refractivity contribution in [1.82, 2.24) is 4.31 Å². The third-order valence-corrected chi connectivity index (χ3v) is 6.12. The topological polar surface area (TPSA) is 71.5 Å². The van der Waals surface area contributed by atoms with Gasteiger partial charge in [-0.25, -0.2) is 8.42 Å². The van der Waals surface area contributed by atoms with Gasteiger partial charge >= 0.3 is 9.24 Å². The van der Waals surface area contributed by atoms with Gasteiger partial charge in [-0.05, 0) is 0 Å². The van der Waals surface area contributed by atoms with E-state index in [2.05, 4.69) is 0 Å². The summed E-state index contributed by atoms with van der Waals surface area (Å²) in [7, 11) is -2.22. The van der Waals surface area contributed by atoms with Gasteiger partial charge in [0.05, 0.1) is 0 Å². The number of hydrogen-bond donors (Lipinski definition) is 0. The molecule has 1 heterocycles. The Kier molecular flexibility index (Phi) is 3.74. The first kappa shape index (κ1) is 12.6. The molecule has 14 heavy (non-hydrogen) atoms. The van der Waals surface area contributed by atoms with Gasteiger partial charge in [-0.2, -0.15) is 24.5 Å². The van der Waals surface area contributed by atoms with Crippen LogP contribution >= 0.6 is 22.4 Å². The molecule has 1 atom stereocenters. The molecule has 1 aliphatic rings. The van der Waals surface area contributed by atoms with E-state index in [0.717, 1.165) is 10.6 Å². The smallest absolute Gasteiger partial charge is 0.227 e. The maximum Gasteiger partial charge on any atom is 0.301 e. The van der Waals surface area contributed by atoms with Crippen LogP contribution in [-0.4, -0.2) is 50.8 Å². The molecule has 9 heteroatoms. The first-order valence-corrected chi connectivity index (χ1v) is 9.08. The number of nitrogens with zero attached hydrogens (tertiary/aromatic N) is 1. The Morgan fingerprint density at radius 2 is 1.93 bits per heavy atom. The van der Waals surface area contributed by atoms with E-state index >= 15 is 0 Å². The minimum atomic E-state index is -3.95. The van der Waals surface area contributed by atoms with E-state index in [1.165, 1.54) is 11.8 Å². The summed E-state index contributed by atoms with van der Waals surface area (Å²) in [4.78, 5) is 0. The second-order valence-electron chi connectivity index (χ2n) is 2.91. The van der Waals surface area contributed by atoms with Gasteiger partial charge < -0.3 is 0 Å². The first-order valence-electron chi connectivity index (χ1n) is 3.71. The largest absolute Gasteiger partial charge is 0.301 e. The SMILES string of the molecule is CS(=O)(=O)C1CSCCN1S(=O)(=O)Cl. The molecule has 0 radical (unpaired) electrons. The molecule has 0 N–H and O–H groups in total. The third kappa shape index (κ3) is 2.99. The van der Waals surface area contributed by atoms with Crippen LogP contribution in [0.5, 0.6) is 0 Å². The highest BCUT2D eigenvalue weighted by Gasteiger charge is 2.37. The molecular weight excluding hydrogens is 270 g/mol. The number of rotatable bonds is 2. The Morgan fingerprint density at radius 1 is 1.36 bits per heavy atom. The zero-order valence-electron chi connectivity index (χ0n) is 7.38.